The van der Waals surface area contributed by atoms with Crippen molar-refractivity contribution in [1.82, 2.24) is 4.57 Å². The van der Waals surface area contributed by atoms with Gasteiger partial charge in [0.1, 0.15) is 0 Å². The fourth-order valence-electron chi connectivity index (χ4n) is 8.79. The Bertz CT molecular complexity index is 2400. The summed E-state index contributed by atoms with van der Waals surface area (Å²) in [5.41, 5.74) is 14.0. The van der Waals surface area contributed by atoms with Crippen LogP contribution in [0.25, 0.3) is 66.2 Å². The van der Waals surface area contributed by atoms with Gasteiger partial charge in [-0.3, -0.25) is 0 Å². The molecule has 7 aromatic rings. The first-order chi connectivity index (χ1) is 21.9. The molecule has 0 radical (unpaired) electrons. The van der Waals surface area contributed by atoms with E-state index in [1.165, 1.54) is 82.9 Å². The van der Waals surface area contributed by atoms with E-state index < -0.39 is 0 Å². The molecule has 2 aliphatic rings. The Morgan fingerprint density at radius 3 is 2.22 bits per heavy atom. The van der Waals surface area contributed by atoms with E-state index >= 15 is 0 Å². The third-order valence-electron chi connectivity index (χ3n) is 11.3. The van der Waals surface area contributed by atoms with Crippen molar-refractivity contribution < 1.29 is 4.57 Å². The highest BCUT2D eigenvalue weighted by atomic mass is 15.1. The molecule has 0 amide bonds. The summed E-state index contributed by atoms with van der Waals surface area (Å²) in [7, 11) is 0. The molecule has 0 bridgehead atoms. The molecule has 5 aromatic carbocycles. The minimum Gasteiger partial charge on any atom is -0.309 e. The smallest absolute Gasteiger partial charge is 0.221 e. The summed E-state index contributed by atoms with van der Waals surface area (Å²) in [4.78, 5) is 0. The van der Waals surface area contributed by atoms with Crippen LogP contribution in [-0.2, 0) is 11.0 Å². The molecule has 0 N–H and O–H groups in total. The highest BCUT2D eigenvalue weighted by Crippen LogP contribution is 2.49. The molecule has 0 saturated heterocycles. The first-order valence-electron chi connectivity index (χ1n) is 16.3. The van der Waals surface area contributed by atoms with Crippen molar-refractivity contribution in [2.24, 2.45) is 0 Å². The Morgan fingerprint density at radius 2 is 1.38 bits per heavy atom. The van der Waals surface area contributed by atoms with Crippen LogP contribution < -0.4 is 4.57 Å². The summed E-state index contributed by atoms with van der Waals surface area (Å²) in [6, 6.07) is 41.0. The van der Waals surface area contributed by atoms with Crippen LogP contribution in [0.5, 0.6) is 0 Å². The quantitative estimate of drug-likeness (QED) is 0.184. The fraction of sp³-hybridized carbons (Fsp3) is 0.186. The summed E-state index contributed by atoms with van der Waals surface area (Å²) in [5.74, 6) is 0. The van der Waals surface area contributed by atoms with E-state index in [4.69, 9.17) is 6.58 Å². The van der Waals surface area contributed by atoms with Gasteiger partial charge < -0.3 is 4.57 Å². The second kappa shape index (κ2) is 9.05. The zero-order chi connectivity index (χ0) is 30.7. The van der Waals surface area contributed by atoms with Gasteiger partial charge in [-0.05, 0) is 63.5 Å². The van der Waals surface area contributed by atoms with Gasteiger partial charge >= 0.3 is 0 Å². The topological polar surface area (TPSA) is 8.81 Å². The molecule has 0 unspecified atom stereocenters. The monoisotopic (exact) mass is 581 g/mol. The van der Waals surface area contributed by atoms with E-state index in [1.54, 1.807) is 0 Å². The number of allylic oxidation sites excluding steroid dienone is 1. The predicted octanol–water partition coefficient (Wildman–Crippen LogP) is 10.7. The van der Waals surface area contributed by atoms with Gasteiger partial charge in [0.25, 0.3) is 0 Å². The number of hydrogen-bond acceptors (Lipinski definition) is 0. The molecule has 2 heteroatoms. The van der Waals surface area contributed by atoms with Gasteiger partial charge in [-0.1, -0.05) is 107 Å². The molecular weight excluding hydrogens is 544 g/mol. The molecule has 0 aliphatic carbocycles. The summed E-state index contributed by atoms with van der Waals surface area (Å²) >= 11 is 0. The first-order valence-corrected chi connectivity index (χ1v) is 16.3. The lowest BCUT2D eigenvalue weighted by Gasteiger charge is -2.35. The number of fused-ring (bicyclic) bond motifs is 10. The number of para-hydroxylation sites is 2. The molecular formula is C43H37N2+. The van der Waals surface area contributed by atoms with Crippen molar-refractivity contribution in [2.45, 2.75) is 51.5 Å². The molecule has 0 saturated carbocycles. The van der Waals surface area contributed by atoms with Crippen LogP contribution >= 0.6 is 0 Å². The maximum Gasteiger partial charge on any atom is 0.221 e. The van der Waals surface area contributed by atoms with Crippen molar-refractivity contribution in [3.8, 4) is 28.1 Å². The SMILES string of the molecule is C=C1c2ccc(-c3ccc4c(c3)c3cccc5c3n4-c3ccccc3C5(C)C)cc2-c2c3ccccc3cc[n+]2C1(CC)CC. The molecule has 0 fully saturated rings. The van der Waals surface area contributed by atoms with Crippen LogP contribution in [0, 0.1) is 0 Å². The summed E-state index contributed by atoms with van der Waals surface area (Å²) in [6.45, 7) is 14.1. The fourth-order valence-corrected chi connectivity index (χ4v) is 8.79. The molecule has 0 spiro atoms. The normalized spacial score (nSPS) is 15.7. The van der Waals surface area contributed by atoms with Crippen LogP contribution in [0.2, 0.25) is 0 Å². The molecule has 2 aliphatic heterocycles. The van der Waals surface area contributed by atoms with E-state index in [2.05, 4.69) is 152 Å². The van der Waals surface area contributed by atoms with E-state index in [0.29, 0.717) is 0 Å². The minimum absolute atomic E-state index is 0.0652. The molecule has 4 heterocycles. The van der Waals surface area contributed by atoms with Crippen LogP contribution in [0.15, 0.2) is 122 Å². The number of pyridine rings is 1. The van der Waals surface area contributed by atoms with Gasteiger partial charge in [0.15, 0.2) is 11.7 Å². The van der Waals surface area contributed by atoms with Crippen molar-refractivity contribution in [2.75, 3.05) is 0 Å². The van der Waals surface area contributed by atoms with E-state index in [1.807, 2.05) is 0 Å². The Kier molecular flexibility index (Phi) is 5.32. The number of hydrogen-bond donors (Lipinski definition) is 0. The lowest BCUT2D eigenvalue weighted by molar-refractivity contribution is -0.740. The van der Waals surface area contributed by atoms with Crippen molar-refractivity contribution in [1.29, 1.82) is 0 Å². The van der Waals surface area contributed by atoms with Crippen molar-refractivity contribution in [3.05, 3.63) is 139 Å². The Morgan fingerprint density at radius 1 is 0.667 bits per heavy atom. The van der Waals surface area contributed by atoms with E-state index in [0.717, 1.165) is 12.8 Å². The molecule has 9 rings (SSSR count). The van der Waals surface area contributed by atoms with Crippen molar-refractivity contribution in [3.63, 3.8) is 0 Å². The van der Waals surface area contributed by atoms with Crippen LogP contribution in [0.4, 0.5) is 0 Å². The predicted molar refractivity (Wildman–Crippen MR) is 189 cm³/mol. The number of nitrogens with zero attached hydrogens (tertiary/aromatic N) is 2. The van der Waals surface area contributed by atoms with Gasteiger partial charge in [-0.25, -0.2) is 0 Å². The van der Waals surface area contributed by atoms with Gasteiger partial charge in [0.05, 0.1) is 27.7 Å². The zero-order valence-corrected chi connectivity index (χ0v) is 26.5. The van der Waals surface area contributed by atoms with E-state index in [9.17, 15) is 0 Å². The average molecular weight is 582 g/mol. The average Bonchev–Trinajstić information content (AvgIpc) is 3.41. The standard InChI is InChI=1S/C43H37N2/c1-6-43(7-2)27(3)31-21-19-29(26-35(31)40-32-14-9-8-13-28(32)23-24-44(40)43)30-20-22-38-34(25-30)33-15-12-17-37-41(33)45(38)39-18-11-10-16-36(39)42(37,4)5/h8-26H,3,6-7H2,1-2,4-5H3/q+1. The number of rotatable bonds is 3. The first kappa shape index (κ1) is 26.5. The highest BCUT2D eigenvalue weighted by Gasteiger charge is 2.47. The van der Waals surface area contributed by atoms with Gasteiger partial charge in [-0.15, -0.1) is 0 Å². The summed E-state index contributed by atoms with van der Waals surface area (Å²) in [5, 5.41) is 5.19. The molecule has 2 nitrogen and oxygen atoms in total. The Hall–Kier alpha value is -4.95. The molecule has 0 atom stereocenters. The second-order valence-electron chi connectivity index (χ2n) is 13.5. The number of benzene rings is 5. The highest BCUT2D eigenvalue weighted by molar-refractivity contribution is 6.12. The summed E-state index contributed by atoms with van der Waals surface area (Å²) < 4.78 is 5.02. The lowest BCUT2D eigenvalue weighted by Crippen LogP contribution is -2.59. The summed E-state index contributed by atoms with van der Waals surface area (Å²) in [6.07, 6.45) is 4.30. The number of aromatic nitrogens is 2. The maximum atomic E-state index is 4.74. The third kappa shape index (κ3) is 3.27. The van der Waals surface area contributed by atoms with Gasteiger partial charge in [0, 0.05) is 40.7 Å². The minimum atomic E-state index is -0.136. The lowest BCUT2D eigenvalue weighted by atomic mass is 9.74. The van der Waals surface area contributed by atoms with Gasteiger partial charge in [0.2, 0.25) is 5.69 Å². The van der Waals surface area contributed by atoms with E-state index in [-0.39, 0.29) is 11.0 Å². The largest absolute Gasteiger partial charge is 0.309 e. The molecule has 45 heavy (non-hydrogen) atoms. The van der Waals surface area contributed by atoms with Crippen LogP contribution in [-0.4, -0.2) is 4.57 Å². The van der Waals surface area contributed by atoms with Crippen LogP contribution in [0.3, 0.4) is 0 Å². The van der Waals surface area contributed by atoms with Crippen LogP contribution in [0.1, 0.15) is 57.2 Å². The molecule has 2 aromatic heterocycles. The van der Waals surface area contributed by atoms with Crippen molar-refractivity contribution >= 4 is 38.2 Å². The zero-order valence-electron chi connectivity index (χ0n) is 26.5. The second-order valence-corrected chi connectivity index (χ2v) is 13.5. The maximum absolute atomic E-state index is 4.74. The molecule has 218 valence electrons. The third-order valence-corrected chi connectivity index (χ3v) is 11.3. The Labute approximate surface area is 264 Å². The Balaban J connectivity index is 1.30. The van der Waals surface area contributed by atoms with Gasteiger partial charge in [-0.2, -0.15) is 4.57 Å².